The molecular formula is C8H9N3O. The first-order chi connectivity index (χ1) is 5.77. The van der Waals surface area contributed by atoms with Crippen LogP contribution in [0.1, 0.15) is 25.5 Å². The molecule has 0 unspecified atom stereocenters. The van der Waals surface area contributed by atoms with Crippen molar-refractivity contribution in [3.05, 3.63) is 18.0 Å². The molecule has 2 aromatic rings. The topological polar surface area (TPSA) is 51.8 Å². The molecule has 0 radical (unpaired) electrons. The minimum atomic E-state index is 0.408. The van der Waals surface area contributed by atoms with E-state index in [9.17, 15) is 0 Å². The monoisotopic (exact) mass is 163 g/mol. The Morgan fingerprint density at radius 2 is 2.25 bits per heavy atom. The highest BCUT2D eigenvalue weighted by molar-refractivity contribution is 5.70. The summed E-state index contributed by atoms with van der Waals surface area (Å²) in [7, 11) is 0. The molecule has 0 aliphatic rings. The lowest BCUT2D eigenvalue weighted by Gasteiger charge is -2.00. The van der Waals surface area contributed by atoms with Crippen LogP contribution in [0.5, 0.6) is 0 Å². The molecule has 0 amide bonds. The lowest BCUT2D eigenvalue weighted by atomic mass is 10.1. The van der Waals surface area contributed by atoms with E-state index < -0.39 is 0 Å². The highest BCUT2D eigenvalue weighted by atomic mass is 16.5. The molecule has 0 aliphatic heterocycles. The summed E-state index contributed by atoms with van der Waals surface area (Å²) in [6.07, 6.45) is 1.66. The average molecular weight is 163 g/mol. The van der Waals surface area contributed by atoms with E-state index in [4.69, 9.17) is 4.52 Å². The van der Waals surface area contributed by atoms with Gasteiger partial charge in [0.1, 0.15) is 5.52 Å². The van der Waals surface area contributed by atoms with Crippen molar-refractivity contribution in [2.45, 2.75) is 19.8 Å². The summed E-state index contributed by atoms with van der Waals surface area (Å²) in [5.74, 6) is 0.408. The van der Waals surface area contributed by atoms with E-state index in [0.717, 1.165) is 11.2 Å². The van der Waals surface area contributed by atoms with Crippen molar-refractivity contribution in [1.82, 2.24) is 15.4 Å². The van der Waals surface area contributed by atoms with Crippen LogP contribution in [0.15, 0.2) is 16.8 Å². The van der Waals surface area contributed by atoms with Gasteiger partial charge in [0.25, 0.3) is 0 Å². The molecule has 0 saturated carbocycles. The number of hydrogen-bond donors (Lipinski definition) is 0. The molecule has 0 aromatic carbocycles. The molecule has 2 aromatic heterocycles. The van der Waals surface area contributed by atoms with E-state index in [1.807, 2.05) is 6.07 Å². The molecule has 0 fully saturated rings. The molecule has 62 valence electrons. The minimum absolute atomic E-state index is 0.408. The fourth-order valence-corrected chi connectivity index (χ4v) is 1.02. The smallest absolute Gasteiger partial charge is 0.205 e. The van der Waals surface area contributed by atoms with E-state index in [1.54, 1.807) is 6.20 Å². The standard InChI is InChI=1S/C8H9N3O/c1-5(2)6-3-7-8(4-9-6)12-11-10-7/h3-5H,1-2H3. The summed E-state index contributed by atoms with van der Waals surface area (Å²) in [4.78, 5) is 4.20. The van der Waals surface area contributed by atoms with Gasteiger partial charge in [-0.15, -0.1) is 5.10 Å². The van der Waals surface area contributed by atoms with Crippen LogP contribution < -0.4 is 0 Å². The Balaban J connectivity index is 2.60. The van der Waals surface area contributed by atoms with Gasteiger partial charge in [-0.25, -0.2) is 0 Å². The van der Waals surface area contributed by atoms with E-state index in [2.05, 4.69) is 29.2 Å². The van der Waals surface area contributed by atoms with Crippen molar-refractivity contribution >= 4 is 11.1 Å². The average Bonchev–Trinajstić information content (AvgIpc) is 2.49. The maximum Gasteiger partial charge on any atom is 0.205 e. The highest BCUT2D eigenvalue weighted by Gasteiger charge is 2.05. The molecule has 12 heavy (non-hydrogen) atoms. The lowest BCUT2D eigenvalue weighted by molar-refractivity contribution is 0.423. The van der Waals surface area contributed by atoms with E-state index in [0.29, 0.717) is 11.5 Å². The van der Waals surface area contributed by atoms with E-state index >= 15 is 0 Å². The van der Waals surface area contributed by atoms with E-state index in [1.165, 1.54) is 0 Å². The van der Waals surface area contributed by atoms with Crippen molar-refractivity contribution in [1.29, 1.82) is 0 Å². The summed E-state index contributed by atoms with van der Waals surface area (Å²) < 4.78 is 4.83. The second kappa shape index (κ2) is 2.55. The number of aromatic nitrogens is 3. The van der Waals surface area contributed by atoms with Gasteiger partial charge < -0.3 is 4.52 Å². The third kappa shape index (κ3) is 1.05. The summed E-state index contributed by atoms with van der Waals surface area (Å²) >= 11 is 0. The second-order valence-electron chi connectivity index (χ2n) is 3.00. The molecule has 2 rings (SSSR count). The quantitative estimate of drug-likeness (QED) is 0.642. The van der Waals surface area contributed by atoms with Crippen molar-refractivity contribution in [2.24, 2.45) is 0 Å². The van der Waals surface area contributed by atoms with Crippen molar-refractivity contribution in [3.63, 3.8) is 0 Å². The van der Waals surface area contributed by atoms with Crippen LogP contribution >= 0.6 is 0 Å². The zero-order chi connectivity index (χ0) is 8.55. The SMILES string of the molecule is CC(C)c1cc2nnoc2cn1. The van der Waals surface area contributed by atoms with Gasteiger partial charge in [-0.3, -0.25) is 4.98 Å². The van der Waals surface area contributed by atoms with Crippen LogP contribution in [0.2, 0.25) is 0 Å². The fraction of sp³-hybridized carbons (Fsp3) is 0.375. The Hall–Kier alpha value is -1.45. The van der Waals surface area contributed by atoms with E-state index in [-0.39, 0.29) is 0 Å². The number of fused-ring (bicyclic) bond motifs is 1. The van der Waals surface area contributed by atoms with Crippen LogP contribution in [-0.2, 0) is 0 Å². The summed E-state index contributed by atoms with van der Waals surface area (Å²) in [5, 5.41) is 7.24. The second-order valence-corrected chi connectivity index (χ2v) is 3.00. The maximum absolute atomic E-state index is 4.83. The Kier molecular flexibility index (Phi) is 1.53. The van der Waals surface area contributed by atoms with Gasteiger partial charge >= 0.3 is 0 Å². The van der Waals surface area contributed by atoms with Crippen LogP contribution in [0.3, 0.4) is 0 Å². The molecule has 4 nitrogen and oxygen atoms in total. The Morgan fingerprint density at radius 3 is 3.00 bits per heavy atom. The highest BCUT2D eigenvalue weighted by Crippen LogP contribution is 2.15. The number of rotatable bonds is 1. The molecule has 0 bridgehead atoms. The van der Waals surface area contributed by atoms with Gasteiger partial charge in [0, 0.05) is 11.0 Å². The zero-order valence-corrected chi connectivity index (χ0v) is 6.98. The van der Waals surface area contributed by atoms with Crippen molar-refractivity contribution < 1.29 is 4.52 Å². The lowest BCUT2D eigenvalue weighted by Crippen LogP contribution is -1.90. The summed E-state index contributed by atoms with van der Waals surface area (Å²) in [5.41, 5.74) is 2.42. The normalized spacial score (nSPS) is 11.2. The molecule has 0 saturated heterocycles. The molecule has 0 aliphatic carbocycles. The molecule has 4 heteroatoms. The molecule has 0 atom stereocenters. The fourth-order valence-electron chi connectivity index (χ4n) is 1.02. The largest absolute Gasteiger partial charge is 0.335 e. The Morgan fingerprint density at radius 1 is 1.42 bits per heavy atom. The first-order valence-corrected chi connectivity index (χ1v) is 3.85. The first kappa shape index (κ1) is 7.21. The number of pyridine rings is 1. The Labute approximate surface area is 69.6 Å². The molecule has 2 heterocycles. The molecule has 0 spiro atoms. The molecular weight excluding hydrogens is 154 g/mol. The van der Waals surface area contributed by atoms with Crippen LogP contribution in [0, 0.1) is 0 Å². The van der Waals surface area contributed by atoms with Crippen LogP contribution in [-0.4, -0.2) is 15.4 Å². The maximum atomic E-state index is 4.83. The van der Waals surface area contributed by atoms with Crippen molar-refractivity contribution in [3.8, 4) is 0 Å². The zero-order valence-electron chi connectivity index (χ0n) is 6.98. The van der Waals surface area contributed by atoms with Gasteiger partial charge in [-0.1, -0.05) is 13.8 Å². The van der Waals surface area contributed by atoms with Crippen molar-refractivity contribution in [2.75, 3.05) is 0 Å². The summed E-state index contributed by atoms with van der Waals surface area (Å²) in [6, 6.07) is 1.90. The van der Waals surface area contributed by atoms with Gasteiger partial charge in [0.05, 0.1) is 6.20 Å². The third-order valence-electron chi connectivity index (χ3n) is 1.75. The predicted octanol–water partition coefficient (Wildman–Crippen LogP) is 1.74. The summed E-state index contributed by atoms with van der Waals surface area (Å²) in [6.45, 7) is 4.17. The Bertz CT molecular complexity index is 394. The number of nitrogens with zero attached hydrogens (tertiary/aromatic N) is 3. The first-order valence-electron chi connectivity index (χ1n) is 3.85. The molecule has 0 N–H and O–H groups in total. The van der Waals surface area contributed by atoms with Gasteiger partial charge in [0.2, 0.25) is 5.58 Å². The van der Waals surface area contributed by atoms with Gasteiger partial charge in [-0.05, 0) is 12.0 Å². The van der Waals surface area contributed by atoms with Crippen LogP contribution in [0.25, 0.3) is 11.1 Å². The predicted molar refractivity (Wildman–Crippen MR) is 43.7 cm³/mol. The minimum Gasteiger partial charge on any atom is -0.335 e. The third-order valence-corrected chi connectivity index (χ3v) is 1.75. The van der Waals surface area contributed by atoms with Gasteiger partial charge in [-0.2, -0.15) is 0 Å². The van der Waals surface area contributed by atoms with Gasteiger partial charge in [0.15, 0.2) is 0 Å². The van der Waals surface area contributed by atoms with Crippen LogP contribution in [0.4, 0.5) is 0 Å². The number of hydrogen-bond acceptors (Lipinski definition) is 4.